The van der Waals surface area contributed by atoms with Gasteiger partial charge in [-0.15, -0.1) is 0 Å². The predicted octanol–water partition coefficient (Wildman–Crippen LogP) is 4.92. The van der Waals surface area contributed by atoms with Crippen LogP contribution in [0.2, 0.25) is 5.15 Å². The molecule has 20 heavy (non-hydrogen) atoms. The summed E-state index contributed by atoms with van der Waals surface area (Å²) in [7, 11) is 0. The molecule has 0 fully saturated rings. The van der Waals surface area contributed by atoms with Crippen molar-refractivity contribution < 1.29 is 4.74 Å². The van der Waals surface area contributed by atoms with Gasteiger partial charge in [-0.3, -0.25) is 0 Å². The molecule has 0 N–H and O–H groups in total. The lowest BCUT2D eigenvalue weighted by Crippen LogP contribution is -2.14. The van der Waals surface area contributed by atoms with Crippen LogP contribution in [0.25, 0.3) is 0 Å². The molecule has 1 aromatic heterocycles. The fourth-order valence-corrected chi connectivity index (χ4v) is 2.22. The van der Waals surface area contributed by atoms with Gasteiger partial charge in [0.25, 0.3) is 0 Å². The lowest BCUT2D eigenvalue weighted by atomic mass is 9.85. The number of aromatic nitrogens is 1. The molecule has 0 bridgehead atoms. The fraction of sp³-hybridized carbons (Fsp3) is 0.353. The molecule has 3 heteroatoms. The molecule has 2 nitrogen and oxygen atoms in total. The lowest BCUT2D eigenvalue weighted by molar-refractivity contribution is 0.293. The fourth-order valence-electron chi connectivity index (χ4n) is 2.04. The average molecular weight is 290 g/mol. The number of aryl methyl sites for hydroxylation is 1. The highest BCUT2D eigenvalue weighted by Crippen LogP contribution is 2.32. The van der Waals surface area contributed by atoms with E-state index in [4.69, 9.17) is 16.3 Å². The van der Waals surface area contributed by atoms with Crippen LogP contribution in [0.15, 0.2) is 36.4 Å². The van der Waals surface area contributed by atoms with Gasteiger partial charge < -0.3 is 4.74 Å². The van der Waals surface area contributed by atoms with Crippen molar-refractivity contribution in [2.45, 2.75) is 39.7 Å². The van der Waals surface area contributed by atoms with E-state index >= 15 is 0 Å². The van der Waals surface area contributed by atoms with E-state index in [1.165, 1.54) is 11.1 Å². The summed E-state index contributed by atoms with van der Waals surface area (Å²) in [5.41, 5.74) is 3.32. The van der Waals surface area contributed by atoms with Crippen LogP contribution in [0, 0.1) is 6.92 Å². The zero-order valence-corrected chi connectivity index (χ0v) is 13.2. The van der Waals surface area contributed by atoms with Gasteiger partial charge in [0.1, 0.15) is 17.5 Å². The second kappa shape index (κ2) is 5.84. The Bertz CT molecular complexity index is 602. The van der Waals surface area contributed by atoms with Gasteiger partial charge in [-0.2, -0.15) is 0 Å². The van der Waals surface area contributed by atoms with Crippen LogP contribution in [0.3, 0.4) is 0 Å². The monoisotopic (exact) mass is 289 g/mol. The summed E-state index contributed by atoms with van der Waals surface area (Å²) in [5.74, 6) is 0.907. The number of benzene rings is 1. The molecule has 1 heterocycles. The number of nitrogens with zero attached hydrogens (tertiary/aromatic N) is 1. The Kier molecular flexibility index (Phi) is 4.34. The molecule has 2 rings (SSSR count). The summed E-state index contributed by atoms with van der Waals surface area (Å²) in [6.45, 7) is 9.08. The van der Waals surface area contributed by atoms with Crippen LogP contribution in [0.4, 0.5) is 0 Å². The summed E-state index contributed by atoms with van der Waals surface area (Å²) in [5, 5.41) is 0.492. The minimum Gasteiger partial charge on any atom is -0.487 e. The quantitative estimate of drug-likeness (QED) is 0.748. The molecule has 0 unspecified atom stereocenters. The maximum Gasteiger partial charge on any atom is 0.130 e. The average Bonchev–Trinajstić information content (AvgIpc) is 2.36. The van der Waals surface area contributed by atoms with Crippen LogP contribution in [-0.2, 0) is 12.0 Å². The smallest absolute Gasteiger partial charge is 0.130 e. The SMILES string of the molecule is Cc1ccc(OCc2cccc(Cl)n2)c(C(C)(C)C)c1. The van der Waals surface area contributed by atoms with Crippen molar-refractivity contribution >= 4 is 11.6 Å². The Morgan fingerprint density at radius 2 is 1.90 bits per heavy atom. The molecule has 0 aliphatic carbocycles. The Morgan fingerprint density at radius 3 is 2.55 bits per heavy atom. The van der Waals surface area contributed by atoms with Crippen molar-refractivity contribution in [3.8, 4) is 5.75 Å². The lowest BCUT2D eigenvalue weighted by Gasteiger charge is -2.23. The molecule has 0 saturated heterocycles. The third kappa shape index (κ3) is 3.73. The van der Waals surface area contributed by atoms with E-state index in [1.807, 2.05) is 18.2 Å². The van der Waals surface area contributed by atoms with Crippen LogP contribution in [-0.4, -0.2) is 4.98 Å². The zero-order chi connectivity index (χ0) is 14.8. The van der Waals surface area contributed by atoms with Gasteiger partial charge in [-0.25, -0.2) is 4.98 Å². The predicted molar refractivity (Wildman–Crippen MR) is 83.5 cm³/mol. The highest BCUT2D eigenvalue weighted by atomic mass is 35.5. The minimum absolute atomic E-state index is 0.0448. The molecule has 0 aliphatic heterocycles. The number of hydrogen-bond donors (Lipinski definition) is 0. The van der Waals surface area contributed by atoms with E-state index in [2.05, 4.69) is 44.8 Å². The summed E-state index contributed by atoms with van der Waals surface area (Å²) in [6, 6.07) is 11.8. The highest BCUT2D eigenvalue weighted by Gasteiger charge is 2.19. The van der Waals surface area contributed by atoms with Gasteiger partial charge in [0.05, 0.1) is 5.69 Å². The Hall–Kier alpha value is -1.54. The van der Waals surface area contributed by atoms with Crippen molar-refractivity contribution in [2.24, 2.45) is 0 Å². The number of ether oxygens (including phenoxy) is 1. The molecule has 0 atom stereocenters. The summed E-state index contributed by atoms with van der Waals surface area (Å²) in [4.78, 5) is 4.24. The molecule has 1 aromatic carbocycles. The van der Waals surface area contributed by atoms with Crippen LogP contribution in [0.5, 0.6) is 5.75 Å². The van der Waals surface area contributed by atoms with Crippen LogP contribution in [0.1, 0.15) is 37.6 Å². The standard InChI is InChI=1S/C17H20ClNO/c1-12-8-9-15(14(10-12)17(2,3)4)20-11-13-6-5-7-16(18)19-13/h5-10H,11H2,1-4H3. The first-order chi connectivity index (χ1) is 9.36. The molecule has 0 spiro atoms. The normalized spacial score (nSPS) is 11.4. The second-order valence-electron chi connectivity index (χ2n) is 5.99. The van der Waals surface area contributed by atoms with E-state index in [-0.39, 0.29) is 5.41 Å². The Morgan fingerprint density at radius 1 is 1.15 bits per heavy atom. The largest absolute Gasteiger partial charge is 0.487 e. The van der Waals surface area contributed by atoms with E-state index < -0.39 is 0 Å². The second-order valence-corrected chi connectivity index (χ2v) is 6.38. The molecular formula is C17H20ClNO. The first-order valence-corrected chi connectivity index (χ1v) is 7.09. The van der Waals surface area contributed by atoms with Gasteiger partial charge in [-0.1, -0.05) is 56.1 Å². The van der Waals surface area contributed by atoms with Crippen molar-refractivity contribution in [2.75, 3.05) is 0 Å². The third-order valence-electron chi connectivity index (χ3n) is 3.09. The van der Waals surface area contributed by atoms with E-state index in [0.717, 1.165) is 11.4 Å². The maximum atomic E-state index is 5.94. The maximum absolute atomic E-state index is 5.94. The minimum atomic E-state index is 0.0448. The van der Waals surface area contributed by atoms with Gasteiger partial charge in [0, 0.05) is 0 Å². The number of rotatable bonds is 3. The summed E-state index contributed by atoms with van der Waals surface area (Å²) in [6.07, 6.45) is 0. The number of pyridine rings is 1. The first kappa shape index (κ1) is 14.9. The van der Waals surface area contributed by atoms with E-state index in [1.54, 1.807) is 6.07 Å². The van der Waals surface area contributed by atoms with Crippen LogP contribution >= 0.6 is 11.6 Å². The summed E-state index contributed by atoms with van der Waals surface area (Å²) < 4.78 is 5.94. The molecule has 106 valence electrons. The van der Waals surface area contributed by atoms with Gasteiger partial charge in [0.15, 0.2) is 0 Å². The van der Waals surface area contributed by atoms with Gasteiger partial charge in [0.2, 0.25) is 0 Å². The highest BCUT2D eigenvalue weighted by molar-refractivity contribution is 6.29. The first-order valence-electron chi connectivity index (χ1n) is 6.71. The molecule has 0 radical (unpaired) electrons. The van der Waals surface area contributed by atoms with Crippen molar-refractivity contribution in [1.29, 1.82) is 0 Å². The molecule has 0 saturated carbocycles. The van der Waals surface area contributed by atoms with Crippen molar-refractivity contribution in [1.82, 2.24) is 4.98 Å². The molecular weight excluding hydrogens is 270 g/mol. The Balaban J connectivity index is 2.21. The van der Waals surface area contributed by atoms with Crippen LogP contribution < -0.4 is 4.74 Å². The molecule has 0 aliphatic rings. The molecule has 2 aromatic rings. The van der Waals surface area contributed by atoms with Crippen molar-refractivity contribution in [3.05, 3.63) is 58.4 Å². The van der Waals surface area contributed by atoms with Gasteiger partial charge >= 0.3 is 0 Å². The van der Waals surface area contributed by atoms with Gasteiger partial charge in [-0.05, 0) is 36.1 Å². The molecule has 0 amide bonds. The number of halogens is 1. The Labute approximate surface area is 125 Å². The van der Waals surface area contributed by atoms with E-state index in [9.17, 15) is 0 Å². The topological polar surface area (TPSA) is 22.1 Å². The number of hydrogen-bond acceptors (Lipinski definition) is 2. The third-order valence-corrected chi connectivity index (χ3v) is 3.30. The van der Waals surface area contributed by atoms with E-state index in [0.29, 0.717) is 11.8 Å². The zero-order valence-electron chi connectivity index (χ0n) is 12.4. The summed E-state index contributed by atoms with van der Waals surface area (Å²) >= 11 is 5.88. The van der Waals surface area contributed by atoms with Crippen molar-refractivity contribution in [3.63, 3.8) is 0 Å².